The van der Waals surface area contributed by atoms with Crippen LogP contribution in [0.15, 0.2) is 0 Å². The molecule has 1 rings (SSSR count). The Labute approximate surface area is 105 Å². The van der Waals surface area contributed by atoms with E-state index in [4.69, 9.17) is 5.14 Å². The van der Waals surface area contributed by atoms with Crippen molar-refractivity contribution >= 4 is 10.0 Å². The van der Waals surface area contributed by atoms with Crippen LogP contribution < -0.4 is 10.5 Å². The summed E-state index contributed by atoms with van der Waals surface area (Å²) in [5.74, 6) is 0.0781. The first kappa shape index (κ1) is 14.9. The van der Waals surface area contributed by atoms with E-state index in [1.54, 1.807) is 0 Å². The number of piperidine rings is 1. The van der Waals surface area contributed by atoms with E-state index in [-0.39, 0.29) is 5.75 Å². The number of hydrogen-bond donors (Lipinski definition) is 2. The van der Waals surface area contributed by atoms with Gasteiger partial charge in [0, 0.05) is 6.04 Å². The van der Waals surface area contributed by atoms with Crippen molar-refractivity contribution in [2.75, 3.05) is 31.9 Å². The number of sulfonamides is 1. The van der Waals surface area contributed by atoms with Crippen LogP contribution >= 0.6 is 0 Å². The Morgan fingerprint density at radius 3 is 2.53 bits per heavy atom. The average Bonchev–Trinajstić information content (AvgIpc) is 2.26. The fourth-order valence-corrected chi connectivity index (χ4v) is 2.80. The van der Waals surface area contributed by atoms with Crippen molar-refractivity contribution < 1.29 is 8.42 Å². The first-order valence-corrected chi connectivity index (χ1v) is 8.19. The van der Waals surface area contributed by atoms with Crippen LogP contribution in [-0.2, 0) is 10.0 Å². The molecule has 0 bridgehead atoms. The summed E-state index contributed by atoms with van der Waals surface area (Å²) in [7, 11) is -3.29. The van der Waals surface area contributed by atoms with E-state index >= 15 is 0 Å². The fraction of sp³-hybridized carbons (Fsp3) is 1.00. The molecule has 1 aliphatic heterocycles. The van der Waals surface area contributed by atoms with Crippen LogP contribution in [0.5, 0.6) is 0 Å². The summed E-state index contributed by atoms with van der Waals surface area (Å²) >= 11 is 0. The molecule has 0 amide bonds. The number of rotatable bonds is 7. The maximum Gasteiger partial charge on any atom is 0.209 e. The summed E-state index contributed by atoms with van der Waals surface area (Å²) in [4.78, 5) is 2.49. The molecule has 0 aliphatic carbocycles. The predicted octanol–water partition coefficient (Wildman–Crippen LogP) is 0.129. The minimum atomic E-state index is -3.29. The van der Waals surface area contributed by atoms with Crippen molar-refractivity contribution in [3.05, 3.63) is 0 Å². The van der Waals surface area contributed by atoms with E-state index in [9.17, 15) is 8.42 Å². The van der Waals surface area contributed by atoms with E-state index in [1.807, 2.05) is 0 Å². The second-order valence-corrected chi connectivity index (χ2v) is 6.52. The van der Waals surface area contributed by atoms with E-state index < -0.39 is 10.0 Å². The molecular weight excluding hydrogens is 238 g/mol. The maximum absolute atomic E-state index is 10.7. The molecule has 1 aliphatic rings. The van der Waals surface area contributed by atoms with Crippen LogP contribution in [-0.4, -0.2) is 51.3 Å². The van der Waals surface area contributed by atoms with Crippen LogP contribution in [0.2, 0.25) is 0 Å². The molecular formula is C11H25N3O2S. The van der Waals surface area contributed by atoms with Gasteiger partial charge in [-0.15, -0.1) is 0 Å². The summed E-state index contributed by atoms with van der Waals surface area (Å²) in [5.41, 5.74) is 0. The van der Waals surface area contributed by atoms with Gasteiger partial charge in [0.25, 0.3) is 0 Å². The molecule has 0 saturated carbocycles. The minimum absolute atomic E-state index is 0.0781. The zero-order valence-electron chi connectivity index (χ0n) is 10.7. The number of nitrogens with two attached hydrogens (primary N) is 1. The normalized spacial score (nSPS) is 19.6. The van der Waals surface area contributed by atoms with Gasteiger partial charge >= 0.3 is 0 Å². The SMILES string of the molecule is CCCN1CCC(NCCCS(N)(=O)=O)CC1. The van der Waals surface area contributed by atoms with Crippen molar-refractivity contribution in [3.8, 4) is 0 Å². The van der Waals surface area contributed by atoms with Gasteiger partial charge in [0.2, 0.25) is 10.0 Å². The largest absolute Gasteiger partial charge is 0.314 e. The molecule has 0 aromatic heterocycles. The Morgan fingerprint density at radius 2 is 2.00 bits per heavy atom. The van der Waals surface area contributed by atoms with Crippen LogP contribution in [0.1, 0.15) is 32.6 Å². The lowest BCUT2D eigenvalue weighted by atomic mass is 10.0. The molecule has 1 heterocycles. The number of nitrogens with zero attached hydrogens (tertiary/aromatic N) is 1. The minimum Gasteiger partial charge on any atom is -0.314 e. The monoisotopic (exact) mass is 263 g/mol. The van der Waals surface area contributed by atoms with E-state index in [2.05, 4.69) is 17.1 Å². The molecule has 0 aromatic rings. The third kappa shape index (κ3) is 6.98. The van der Waals surface area contributed by atoms with Gasteiger partial charge in [-0.25, -0.2) is 13.6 Å². The average molecular weight is 263 g/mol. The predicted molar refractivity (Wildman–Crippen MR) is 70.3 cm³/mol. The molecule has 17 heavy (non-hydrogen) atoms. The standard InChI is InChI=1S/C11H25N3O2S/c1-2-7-14-8-4-11(5-9-14)13-6-3-10-17(12,15)16/h11,13H,2-10H2,1H3,(H2,12,15,16). The Kier molecular flexibility index (Phi) is 6.40. The highest BCUT2D eigenvalue weighted by Crippen LogP contribution is 2.10. The molecule has 1 fully saturated rings. The summed E-state index contributed by atoms with van der Waals surface area (Å²) in [6, 6.07) is 0.545. The number of likely N-dealkylation sites (tertiary alicyclic amines) is 1. The van der Waals surface area contributed by atoms with Gasteiger partial charge in [-0.2, -0.15) is 0 Å². The smallest absolute Gasteiger partial charge is 0.209 e. The highest BCUT2D eigenvalue weighted by molar-refractivity contribution is 7.89. The Morgan fingerprint density at radius 1 is 1.35 bits per heavy atom. The molecule has 0 unspecified atom stereocenters. The van der Waals surface area contributed by atoms with Gasteiger partial charge in [0.05, 0.1) is 5.75 Å². The van der Waals surface area contributed by atoms with Crippen LogP contribution in [0.4, 0.5) is 0 Å². The molecule has 6 heteroatoms. The first-order valence-electron chi connectivity index (χ1n) is 6.47. The Hall–Kier alpha value is -0.170. The van der Waals surface area contributed by atoms with Gasteiger partial charge in [-0.1, -0.05) is 6.92 Å². The third-order valence-corrected chi connectivity index (χ3v) is 4.02. The highest BCUT2D eigenvalue weighted by Gasteiger charge is 2.17. The van der Waals surface area contributed by atoms with Gasteiger partial charge in [0.15, 0.2) is 0 Å². The second kappa shape index (κ2) is 7.31. The summed E-state index contributed by atoms with van der Waals surface area (Å²) in [6.07, 6.45) is 4.14. The summed E-state index contributed by atoms with van der Waals surface area (Å²) in [5, 5.41) is 8.35. The van der Waals surface area contributed by atoms with Crippen LogP contribution in [0, 0.1) is 0 Å². The van der Waals surface area contributed by atoms with Crippen LogP contribution in [0.25, 0.3) is 0 Å². The van der Waals surface area contributed by atoms with Crippen molar-refractivity contribution in [1.29, 1.82) is 0 Å². The lowest BCUT2D eigenvalue weighted by molar-refractivity contribution is 0.198. The lowest BCUT2D eigenvalue weighted by Crippen LogP contribution is -2.43. The number of primary sulfonamides is 1. The van der Waals surface area contributed by atoms with E-state index in [0.717, 1.165) is 32.5 Å². The van der Waals surface area contributed by atoms with Crippen LogP contribution in [0.3, 0.4) is 0 Å². The highest BCUT2D eigenvalue weighted by atomic mass is 32.2. The molecule has 102 valence electrons. The molecule has 0 aromatic carbocycles. The molecule has 5 nitrogen and oxygen atoms in total. The van der Waals surface area contributed by atoms with Gasteiger partial charge in [-0.3, -0.25) is 0 Å². The number of nitrogens with one attached hydrogen (secondary N) is 1. The van der Waals surface area contributed by atoms with Gasteiger partial charge in [-0.05, 0) is 51.9 Å². The van der Waals surface area contributed by atoms with Crippen molar-refractivity contribution in [1.82, 2.24) is 10.2 Å². The lowest BCUT2D eigenvalue weighted by Gasteiger charge is -2.32. The zero-order valence-corrected chi connectivity index (χ0v) is 11.5. The van der Waals surface area contributed by atoms with E-state index in [0.29, 0.717) is 12.5 Å². The third-order valence-electron chi connectivity index (χ3n) is 3.17. The summed E-state index contributed by atoms with van der Waals surface area (Å²) in [6.45, 7) is 6.45. The molecule has 0 atom stereocenters. The topological polar surface area (TPSA) is 75.4 Å². The van der Waals surface area contributed by atoms with Crippen molar-refractivity contribution in [2.45, 2.75) is 38.6 Å². The Balaban J connectivity index is 2.06. The molecule has 3 N–H and O–H groups in total. The molecule has 0 spiro atoms. The summed E-state index contributed by atoms with van der Waals surface area (Å²) < 4.78 is 21.5. The molecule has 0 radical (unpaired) electrons. The van der Waals surface area contributed by atoms with Crippen molar-refractivity contribution in [3.63, 3.8) is 0 Å². The zero-order chi connectivity index (χ0) is 12.7. The first-order chi connectivity index (χ1) is 8.01. The molecule has 1 saturated heterocycles. The number of hydrogen-bond acceptors (Lipinski definition) is 4. The second-order valence-electron chi connectivity index (χ2n) is 4.79. The van der Waals surface area contributed by atoms with Gasteiger partial charge < -0.3 is 10.2 Å². The maximum atomic E-state index is 10.7. The van der Waals surface area contributed by atoms with E-state index in [1.165, 1.54) is 13.0 Å². The fourth-order valence-electron chi connectivity index (χ4n) is 2.26. The Bertz CT molecular complexity index is 298. The quantitative estimate of drug-likeness (QED) is 0.640. The van der Waals surface area contributed by atoms with Crippen molar-refractivity contribution in [2.24, 2.45) is 5.14 Å². The van der Waals surface area contributed by atoms with Gasteiger partial charge in [0.1, 0.15) is 0 Å².